The van der Waals surface area contributed by atoms with Crippen molar-refractivity contribution < 1.29 is 0 Å². The Morgan fingerprint density at radius 3 is 2.67 bits per heavy atom. The van der Waals surface area contributed by atoms with Crippen LogP contribution in [-0.2, 0) is 12.8 Å². The molecule has 4 heteroatoms. The lowest BCUT2D eigenvalue weighted by molar-refractivity contribution is 0.820. The van der Waals surface area contributed by atoms with Crippen molar-refractivity contribution in [2.45, 2.75) is 33.1 Å². The van der Waals surface area contributed by atoms with E-state index in [2.05, 4.69) is 23.0 Å². The summed E-state index contributed by atoms with van der Waals surface area (Å²) in [5.41, 5.74) is 4.63. The first-order valence-corrected chi connectivity index (χ1v) is 9.25. The van der Waals surface area contributed by atoms with Gasteiger partial charge >= 0.3 is 0 Å². The van der Waals surface area contributed by atoms with Crippen LogP contribution >= 0.6 is 0 Å². The van der Waals surface area contributed by atoms with Crippen molar-refractivity contribution in [1.82, 2.24) is 9.97 Å². The van der Waals surface area contributed by atoms with Gasteiger partial charge < -0.3 is 4.98 Å². The Labute approximate surface area is 159 Å². The topological polar surface area (TPSA) is 69.5 Å². The van der Waals surface area contributed by atoms with Crippen LogP contribution in [-0.4, -0.2) is 9.97 Å². The number of nitriles is 1. The van der Waals surface area contributed by atoms with Gasteiger partial charge in [-0.1, -0.05) is 68.0 Å². The van der Waals surface area contributed by atoms with Gasteiger partial charge in [0.15, 0.2) is 0 Å². The van der Waals surface area contributed by atoms with Crippen molar-refractivity contribution >= 4 is 5.57 Å². The first-order chi connectivity index (χ1) is 13.1. The molecule has 0 amide bonds. The van der Waals surface area contributed by atoms with Crippen LogP contribution in [0.5, 0.6) is 0 Å². The van der Waals surface area contributed by atoms with E-state index < -0.39 is 0 Å². The summed E-state index contributed by atoms with van der Waals surface area (Å²) in [7, 11) is 0. The number of aryl methyl sites for hydroxylation is 2. The average molecular weight is 357 g/mol. The minimum Gasteiger partial charge on any atom is -0.311 e. The second-order valence-corrected chi connectivity index (χ2v) is 6.70. The molecule has 1 aliphatic rings. The molecule has 136 valence electrons. The molecule has 2 aromatic rings. The highest BCUT2D eigenvalue weighted by Crippen LogP contribution is 2.26. The van der Waals surface area contributed by atoms with Gasteiger partial charge in [-0.05, 0) is 30.0 Å². The van der Waals surface area contributed by atoms with Gasteiger partial charge in [-0.15, -0.1) is 0 Å². The van der Waals surface area contributed by atoms with Gasteiger partial charge in [-0.2, -0.15) is 5.26 Å². The Balaban J connectivity index is 1.88. The lowest BCUT2D eigenvalue weighted by atomic mass is 9.92. The van der Waals surface area contributed by atoms with Gasteiger partial charge in [0, 0.05) is 12.0 Å². The molecule has 0 bridgehead atoms. The number of H-pyrrole nitrogens is 1. The molecule has 0 fully saturated rings. The smallest absolute Gasteiger partial charge is 0.254 e. The third-order valence-electron chi connectivity index (χ3n) is 4.65. The van der Waals surface area contributed by atoms with Crippen molar-refractivity contribution in [2.75, 3.05) is 0 Å². The van der Waals surface area contributed by atoms with Crippen molar-refractivity contribution in [3.8, 4) is 6.07 Å². The zero-order valence-corrected chi connectivity index (χ0v) is 15.7. The van der Waals surface area contributed by atoms with Gasteiger partial charge in [-0.25, -0.2) is 4.98 Å². The van der Waals surface area contributed by atoms with Crippen LogP contribution in [0.2, 0.25) is 0 Å². The fourth-order valence-corrected chi connectivity index (χ4v) is 3.31. The van der Waals surface area contributed by atoms with Gasteiger partial charge in [0.2, 0.25) is 0 Å². The molecule has 1 aromatic carbocycles. The normalized spacial score (nSPS) is 15.9. The molecule has 1 N–H and O–H groups in total. The summed E-state index contributed by atoms with van der Waals surface area (Å²) in [6.07, 6.45) is 12.0. The average Bonchev–Trinajstić information content (AvgIpc) is 2.90. The number of rotatable bonds is 5. The van der Waals surface area contributed by atoms with Crippen LogP contribution in [0.3, 0.4) is 0 Å². The molecule has 0 aliphatic heterocycles. The third kappa shape index (κ3) is 4.32. The Morgan fingerprint density at radius 1 is 1.19 bits per heavy atom. The van der Waals surface area contributed by atoms with Crippen LogP contribution in [0.15, 0.2) is 59.4 Å². The summed E-state index contributed by atoms with van der Waals surface area (Å²) in [5, 5.41) is 9.42. The highest BCUT2D eigenvalue weighted by atomic mass is 16.1. The van der Waals surface area contributed by atoms with E-state index in [9.17, 15) is 10.1 Å². The molecule has 0 radical (unpaired) electrons. The Hall–Kier alpha value is -3.19. The summed E-state index contributed by atoms with van der Waals surface area (Å²) in [6, 6.07) is 10.4. The van der Waals surface area contributed by atoms with Gasteiger partial charge in [0.1, 0.15) is 5.82 Å². The number of aromatic amines is 1. The molecule has 0 spiro atoms. The number of nitrogens with one attached hydrogen (secondary N) is 1. The zero-order chi connectivity index (χ0) is 19.2. The molecule has 0 saturated carbocycles. The molecular formula is C23H23N3O. The molecule has 1 heterocycles. The summed E-state index contributed by atoms with van der Waals surface area (Å²) in [6.45, 7) is 3.90. The molecule has 4 nitrogen and oxygen atoms in total. The first kappa shape index (κ1) is 18.6. The van der Waals surface area contributed by atoms with Gasteiger partial charge in [0.25, 0.3) is 5.56 Å². The maximum Gasteiger partial charge on any atom is 0.254 e. The highest BCUT2D eigenvalue weighted by molar-refractivity contribution is 5.73. The Morgan fingerprint density at radius 2 is 1.96 bits per heavy atom. The van der Waals surface area contributed by atoms with Gasteiger partial charge in [0.05, 0.1) is 17.7 Å². The number of allylic oxidation sites excluding steroid dienone is 6. The number of aromatic nitrogens is 2. The van der Waals surface area contributed by atoms with Crippen LogP contribution < -0.4 is 5.56 Å². The molecule has 1 unspecified atom stereocenters. The number of hydrogen-bond acceptors (Lipinski definition) is 3. The van der Waals surface area contributed by atoms with E-state index in [4.69, 9.17) is 0 Å². The lowest BCUT2D eigenvalue weighted by Crippen LogP contribution is -2.19. The minimum absolute atomic E-state index is 0.0543. The van der Waals surface area contributed by atoms with E-state index >= 15 is 0 Å². The van der Waals surface area contributed by atoms with Crippen LogP contribution in [0, 0.1) is 24.2 Å². The predicted molar refractivity (Wildman–Crippen MR) is 108 cm³/mol. The first-order valence-electron chi connectivity index (χ1n) is 9.25. The monoisotopic (exact) mass is 357 g/mol. The van der Waals surface area contributed by atoms with E-state index in [1.165, 1.54) is 0 Å². The number of hydrogen-bond donors (Lipinski definition) is 1. The van der Waals surface area contributed by atoms with Crippen molar-refractivity contribution in [1.29, 1.82) is 5.26 Å². The molecule has 1 aromatic heterocycles. The fraction of sp³-hybridized carbons (Fsp3) is 0.261. The fourth-order valence-electron chi connectivity index (χ4n) is 3.31. The lowest BCUT2D eigenvalue weighted by Gasteiger charge is -2.12. The zero-order valence-electron chi connectivity index (χ0n) is 15.7. The van der Waals surface area contributed by atoms with E-state index in [1.54, 1.807) is 0 Å². The standard InChI is InChI=1S/C23H23N3O/c1-3-7-22-21(23(27)26-16(2)25-22)14-17-10-12-18(13-11-17)20-9-6-4-5-8-19(20)15-24/h4-6,8-13,19H,3,7,14H2,1-2H3,(H,25,26,27). The molecule has 1 aliphatic carbocycles. The number of benzene rings is 1. The summed E-state index contributed by atoms with van der Waals surface area (Å²) >= 11 is 0. The van der Waals surface area contributed by atoms with Crippen molar-refractivity contribution in [3.05, 3.63) is 93.2 Å². The summed E-state index contributed by atoms with van der Waals surface area (Å²) in [4.78, 5) is 19.8. The Bertz CT molecular complexity index is 1000. The quantitative estimate of drug-likeness (QED) is 0.869. The largest absolute Gasteiger partial charge is 0.311 e. The minimum atomic E-state index is -0.258. The second kappa shape index (κ2) is 8.46. The van der Waals surface area contributed by atoms with Crippen LogP contribution in [0.25, 0.3) is 5.57 Å². The van der Waals surface area contributed by atoms with E-state index in [-0.39, 0.29) is 11.5 Å². The second-order valence-electron chi connectivity index (χ2n) is 6.70. The third-order valence-corrected chi connectivity index (χ3v) is 4.65. The molecule has 1 atom stereocenters. The van der Waals surface area contributed by atoms with E-state index in [1.807, 2.05) is 61.6 Å². The maximum absolute atomic E-state index is 12.4. The Kier molecular flexibility index (Phi) is 5.83. The van der Waals surface area contributed by atoms with Crippen molar-refractivity contribution in [2.24, 2.45) is 5.92 Å². The van der Waals surface area contributed by atoms with E-state index in [0.29, 0.717) is 12.2 Å². The van der Waals surface area contributed by atoms with Gasteiger partial charge in [-0.3, -0.25) is 4.79 Å². The highest BCUT2D eigenvalue weighted by Gasteiger charge is 2.14. The van der Waals surface area contributed by atoms with Crippen LogP contribution in [0.4, 0.5) is 0 Å². The maximum atomic E-state index is 12.4. The molecule has 27 heavy (non-hydrogen) atoms. The SMILES string of the molecule is CCCc1nc(C)[nH]c(=O)c1Cc1ccc(C2=CC=CC=CC2C#N)cc1. The van der Waals surface area contributed by atoms with Crippen LogP contribution in [0.1, 0.15) is 41.6 Å². The van der Waals surface area contributed by atoms with Crippen molar-refractivity contribution in [3.63, 3.8) is 0 Å². The summed E-state index contributed by atoms with van der Waals surface area (Å²) < 4.78 is 0. The summed E-state index contributed by atoms with van der Waals surface area (Å²) in [5.74, 6) is 0.401. The van der Waals surface area contributed by atoms with E-state index in [0.717, 1.165) is 40.8 Å². The number of nitrogens with zero attached hydrogens (tertiary/aromatic N) is 2. The molecular weight excluding hydrogens is 334 g/mol. The predicted octanol–water partition coefficient (Wildman–Crippen LogP) is 4.27. The molecule has 0 saturated heterocycles. The molecule has 3 rings (SSSR count).